The van der Waals surface area contributed by atoms with Crippen molar-refractivity contribution < 1.29 is 24.6 Å². The fraction of sp³-hybridized carbons (Fsp3) is 0.0417. The van der Waals surface area contributed by atoms with Gasteiger partial charge < -0.3 is 10.2 Å². The van der Waals surface area contributed by atoms with Gasteiger partial charge in [0.25, 0.3) is 11.7 Å². The lowest BCUT2D eigenvalue weighted by atomic mass is 9.95. The molecule has 1 saturated heterocycles. The third kappa shape index (κ3) is 3.92. The second-order valence-corrected chi connectivity index (χ2v) is 8.44. The number of hydrogen-bond donors (Lipinski definition) is 2. The van der Waals surface area contributed by atoms with E-state index in [1.165, 1.54) is 23.1 Å². The van der Waals surface area contributed by atoms with Crippen LogP contribution >= 0.6 is 27.5 Å². The van der Waals surface area contributed by atoms with Gasteiger partial charge in [-0.2, -0.15) is 0 Å². The van der Waals surface area contributed by atoms with E-state index in [9.17, 15) is 24.6 Å². The van der Waals surface area contributed by atoms with E-state index in [1.54, 1.807) is 54.6 Å². The molecule has 0 radical (unpaired) electrons. The van der Waals surface area contributed by atoms with E-state index in [1.807, 2.05) is 0 Å². The van der Waals surface area contributed by atoms with Gasteiger partial charge in [0, 0.05) is 20.7 Å². The van der Waals surface area contributed by atoms with E-state index < -0.39 is 23.7 Å². The fourth-order valence-electron chi connectivity index (χ4n) is 3.61. The number of anilines is 1. The highest BCUT2D eigenvalue weighted by atomic mass is 79.9. The van der Waals surface area contributed by atoms with Crippen molar-refractivity contribution in [1.29, 1.82) is 0 Å². The molecule has 8 heteroatoms. The molecule has 1 heterocycles. The molecule has 1 unspecified atom stereocenters. The molecule has 0 bridgehead atoms. The number of carboxylic acid groups (broad SMARTS) is 1. The van der Waals surface area contributed by atoms with Crippen molar-refractivity contribution in [3.05, 3.63) is 105 Å². The summed E-state index contributed by atoms with van der Waals surface area (Å²) in [6, 6.07) is 18.0. The van der Waals surface area contributed by atoms with Gasteiger partial charge in [-0.25, -0.2) is 4.79 Å². The molecule has 1 atom stereocenters. The summed E-state index contributed by atoms with van der Waals surface area (Å²) < 4.78 is 0.795. The molecule has 6 nitrogen and oxygen atoms in total. The molecule has 1 aliphatic rings. The van der Waals surface area contributed by atoms with Crippen molar-refractivity contribution in [2.24, 2.45) is 0 Å². The lowest BCUT2D eigenvalue weighted by molar-refractivity contribution is -0.132. The molecule has 1 fully saturated rings. The van der Waals surface area contributed by atoms with Crippen molar-refractivity contribution >= 4 is 56.6 Å². The fourth-order valence-corrected chi connectivity index (χ4v) is 4.00. The number of aliphatic hydroxyl groups excluding tert-OH is 1. The first-order valence-corrected chi connectivity index (χ1v) is 10.6. The van der Waals surface area contributed by atoms with Gasteiger partial charge in [-0.1, -0.05) is 45.7 Å². The summed E-state index contributed by atoms with van der Waals surface area (Å²) in [4.78, 5) is 38.8. The Balaban J connectivity index is 1.94. The molecule has 4 rings (SSSR count). The average Bonchev–Trinajstić information content (AvgIpc) is 3.05. The van der Waals surface area contributed by atoms with Gasteiger partial charge in [-0.3, -0.25) is 14.5 Å². The number of carbonyl (C=O) groups is 3. The number of aliphatic hydroxyl groups is 1. The molecule has 1 amide bonds. The number of amides is 1. The van der Waals surface area contributed by atoms with Crippen LogP contribution in [0.25, 0.3) is 5.76 Å². The first kappa shape index (κ1) is 21.8. The Morgan fingerprint density at radius 1 is 0.906 bits per heavy atom. The van der Waals surface area contributed by atoms with Crippen LogP contribution in [0, 0.1) is 0 Å². The summed E-state index contributed by atoms with van der Waals surface area (Å²) in [5, 5.41) is 20.8. The Kier molecular flexibility index (Phi) is 5.86. The largest absolute Gasteiger partial charge is 0.507 e. The number of aromatic carboxylic acids is 1. The first-order valence-electron chi connectivity index (χ1n) is 9.43. The van der Waals surface area contributed by atoms with Crippen LogP contribution in [0.4, 0.5) is 5.69 Å². The highest BCUT2D eigenvalue weighted by Crippen LogP contribution is 2.42. The number of carboxylic acids is 1. The lowest BCUT2D eigenvalue weighted by Crippen LogP contribution is -2.29. The van der Waals surface area contributed by atoms with E-state index in [0.717, 1.165) is 4.47 Å². The number of carbonyl (C=O) groups excluding carboxylic acids is 2. The van der Waals surface area contributed by atoms with Gasteiger partial charge in [0.1, 0.15) is 5.76 Å². The minimum atomic E-state index is -1.16. The quantitative estimate of drug-likeness (QED) is 0.276. The number of hydrogen-bond acceptors (Lipinski definition) is 4. The average molecular weight is 513 g/mol. The second kappa shape index (κ2) is 8.61. The number of nitrogens with zero attached hydrogens (tertiary/aromatic N) is 1. The van der Waals surface area contributed by atoms with Gasteiger partial charge in [-0.15, -0.1) is 0 Å². The topological polar surface area (TPSA) is 94.9 Å². The maximum atomic E-state index is 13.1. The Morgan fingerprint density at radius 2 is 1.56 bits per heavy atom. The highest BCUT2D eigenvalue weighted by Gasteiger charge is 2.47. The number of benzene rings is 3. The second-order valence-electron chi connectivity index (χ2n) is 7.08. The van der Waals surface area contributed by atoms with Crippen LogP contribution in [0.15, 0.2) is 82.8 Å². The van der Waals surface area contributed by atoms with Crippen LogP contribution in [0.2, 0.25) is 5.02 Å². The van der Waals surface area contributed by atoms with Crippen LogP contribution in [0.3, 0.4) is 0 Å². The Labute approximate surface area is 196 Å². The van der Waals surface area contributed by atoms with Crippen molar-refractivity contribution in [3.63, 3.8) is 0 Å². The van der Waals surface area contributed by atoms with Crippen LogP contribution in [-0.2, 0) is 9.59 Å². The number of Topliss-reactive ketones (excluding diaryl/α,β-unsaturated/α-hetero) is 1. The summed E-state index contributed by atoms with van der Waals surface area (Å²) in [7, 11) is 0. The molecule has 1 aliphatic heterocycles. The number of ketones is 1. The smallest absolute Gasteiger partial charge is 0.335 e. The molecular formula is C24H15BrClNO5. The monoisotopic (exact) mass is 511 g/mol. The maximum Gasteiger partial charge on any atom is 0.335 e. The van der Waals surface area contributed by atoms with Crippen LogP contribution in [0.1, 0.15) is 27.5 Å². The maximum absolute atomic E-state index is 13.1. The van der Waals surface area contributed by atoms with Crippen LogP contribution in [0.5, 0.6) is 0 Å². The number of halogens is 2. The van der Waals surface area contributed by atoms with Gasteiger partial charge >= 0.3 is 5.97 Å². The predicted molar refractivity (Wildman–Crippen MR) is 124 cm³/mol. The molecule has 160 valence electrons. The lowest BCUT2D eigenvalue weighted by Gasteiger charge is -2.25. The molecular weight excluding hydrogens is 498 g/mol. The van der Waals surface area contributed by atoms with Gasteiger partial charge in [0.2, 0.25) is 0 Å². The zero-order chi connectivity index (χ0) is 23.0. The summed E-state index contributed by atoms with van der Waals surface area (Å²) >= 11 is 9.30. The minimum Gasteiger partial charge on any atom is -0.507 e. The zero-order valence-corrected chi connectivity index (χ0v) is 18.7. The SMILES string of the molecule is O=C1C(=O)N(c2cccc(C(=O)O)c2)C(c2ccc(Br)cc2)C1=C(O)c1ccc(Cl)cc1. The molecule has 0 saturated carbocycles. The van der Waals surface area contributed by atoms with E-state index in [4.69, 9.17) is 11.6 Å². The molecule has 3 aromatic rings. The summed E-state index contributed by atoms with van der Waals surface area (Å²) in [6.07, 6.45) is 0. The van der Waals surface area contributed by atoms with Gasteiger partial charge in [-0.05, 0) is 60.2 Å². The molecule has 2 N–H and O–H groups in total. The highest BCUT2D eigenvalue weighted by molar-refractivity contribution is 9.10. The van der Waals surface area contributed by atoms with E-state index in [2.05, 4.69) is 15.9 Å². The first-order chi connectivity index (χ1) is 15.3. The van der Waals surface area contributed by atoms with Crippen LogP contribution < -0.4 is 4.90 Å². The van der Waals surface area contributed by atoms with Crippen molar-refractivity contribution in [2.75, 3.05) is 4.90 Å². The summed E-state index contributed by atoms with van der Waals surface area (Å²) in [5.74, 6) is -3.24. The molecule has 0 aromatic heterocycles. The van der Waals surface area contributed by atoms with Crippen molar-refractivity contribution in [1.82, 2.24) is 0 Å². The van der Waals surface area contributed by atoms with E-state index in [0.29, 0.717) is 16.1 Å². The van der Waals surface area contributed by atoms with E-state index in [-0.39, 0.29) is 22.6 Å². The number of rotatable bonds is 4. The Bertz CT molecular complexity index is 1270. The zero-order valence-electron chi connectivity index (χ0n) is 16.3. The normalized spacial score (nSPS) is 17.6. The predicted octanol–water partition coefficient (Wildman–Crippen LogP) is 5.43. The third-order valence-corrected chi connectivity index (χ3v) is 5.90. The summed E-state index contributed by atoms with van der Waals surface area (Å²) in [6.45, 7) is 0. The minimum absolute atomic E-state index is 0.0309. The van der Waals surface area contributed by atoms with E-state index >= 15 is 0 Å². The van der Waals surface area contributed by atoms with Gasteiger partial charge in [0.15, 0.2) is 0 Å². The van der Waals surface area contributed by atoms with Gasteiger partial charge in [0.05, 0.1) is 17.2 Å². The third-order valence-electron chi connectivity index (χ3n) is 5.12. The molecule has 0 aliphatic carbocycles. The Morgan fingerprint density at radius 3 is 2.19 bits per heavy atom. The van der Waals surface area contributed by atoms with Crippen LogP contribution in [-0.4, -0.2) is 27.9 Å². The molecule has 0 spiro atoms. The molecule has 3 aromatic carbocycles. The molecule has 32 heavy (non-hydrogen) atoms. The summed E-state index contributed by atoms with van der Waals surface area (Å²) in [5.41, 5.74) is 1.00. The standard InChI is InChI=1S/C24H15BrClNO5/c25-16-8-4-13(5-9-16)20-19(21(28)14-6-10-17(26)11-7-14)22(29)23(30)27(20)18-3-1-2-15(12-18)24(31)32/h1-12,20,28H,(H,31,32). The van der Waals surface area contributed by atoms with Crippen molar-refractivity contribution in [3.8, 4) is 0 Å². The van der Waals surface area contributed by atoms with Crippen molar-refractivity contribution in [2.45, 2.75) is 6.04 Å². The Hall–Kier alpha value is -3.42.